The zero-order chi connectivity index (χ0) is 18.7. The average Bonchev–Trinajstić information content (AvgIpc) is 2.53. The van der Waals surface area contributed by atoms with Gasteiger partial charge in [-0.2, -0.15) is 0 Å². The van der Waals surface area contributed by atoms with E-state index in [0.29, 0.717) is 25.6 Å². The molecule has 6 nitrogen and oxygen atoms in total. The summed E-state index contributed by atoms with van der Waals surface area (Å²) in [5, 5.41) is 3.18. The smallest absolute Gasteiger partial charge is 0.193 e. The van der Waals surface area contributed by atoms with Gasteiger partial charge in [0.25, 0.3) is 0 Å². The quantitative estimate of drug-likeness (QED) is 0.644. The molecule has 1 heterocycles. The molecule has 140 valence electrons. The number of nitrogens with zero attached hydrogens (tertiary/aromatic N) is 2. The molecule has 2 rings (SSSR count). The van der Waals surface area contributed by atoms with Crippen LogP contribution < -0.4 is 10.1 Å². The predicted molar refractivity (Wildman–Crippen MR) is 97.3 cm³/mol. The fraction of sp³-hybridized carbons (Fsp3) is 0.588. The minimum Gasteiger partial charge on any atom is -0.486 e. The van der Waals surface area contributed by atoms with Crippen LogP contribution >= 0.6 is 0 Å². The second-order valence-corrected chi connectivity index (χ2v) is 9.53. The molecular weight excluding hydrogens is 345 g/mol. The summed E-state index contributed by atoms with van der Waals surface area (Å²) in [7, 11) is -1.45. The van der Waals surface area contributed by atoms with Crippen LogP contribution in [0.5, 0.6) is 5.75 Å². The van der Waals surface area contributed by atoms with Gasteiger partial charge in [0.2, 0.25) is 0 Å². The van der Waals surface area contributed by atoms with Crippen molar-refractivity contribution in [2.24, 2.45) is 4.99 Å². The van der Waals surface area contributed by atoms with Crippen molar-refractivity contribution in [2.45, 2.75) is 31.6 Å². The molecule has 1 fully saturated rings. The van der Waals surface area contributed by atoms with E-state index in [0.717, 1.165) is 0 Å². The van der Waals surface area contributed by atoms with Gasteiger partial charge >= 0.3 is 0 Å². The van der Waals surface area contributed by atoms with E-state index in [4.69, 9.17) is 4.74 Å². The first-order valence-corrected chi connectivity index (χ1v) is 9.90. The highest BCUT2D eigenvalue weighted by atomic mass is 32.2. The molecule has 0 amide bonds. The number of guanidine groups is 1. The van der Waals surface area contributed by atoms with Crippen molar-refractivity contribution in [2.75, 3.05) is 32.4 Å². The summed E-state index contributed by atoms with van der Waals surface area (Å²) in [5.74, 6) is 0.521. The second-order valence-electron chi connectivity index (χ2n) is 6.79. The van der Waals surface area contributed by atoms with Crippen LogP contribution in [0.4, 0.5) is 4.39 Å². The van der Waals surface area contributed by atoms with E-state index in [1.807, 2.05) is 11.8 Å². The molecule has 1 N–H and O–H groups in total. The molecule has 8 heteroatoms. The molecular formula is C17H26FN3O3S. The van der Waals surface area contributed by atoms with Gasteiger partial charge in [-0.25, -0.2) is 12.8 Å². The lowest BCUT2D eigenvalue weighted by Crippen LogP contribution is -2.57. The van der Waals surface area contributed by atoms with E-state index in [9.17, 15) is 12.8 Å². The van der Waals surface area contributed by atoms with Crippen molar-refractivity contribution < 1.29 is 17.5 Å². The van der Waals surface area contributed by atoms with E-state index in [2.05, 4.69) is 10.3 Å². The minimum atomic E-state index is -3.10. The third-order valence-electron chi connectivity index (χ3n) is 4.27. The van der Waals surface area contributed by atoms with Crippen molar-refractivity contribution in [3.8, 4) is 5.75 Å². The van der Waals surface area contributed by atoms with E-state index >= 15 is 0 Å². The van der Waals surface area contributed by atoms with Gasteiger partial charge in [-0.05, 0) is 32.9 Å². The highest BCUT2D eigenvalue weighted by molar-refractivity contribution is 7.92. The van der Waals surface area contributed by atoms with Crippen LogP contribution in [0.15, 0.2) is 29.3 Å². The Hall–Kier alpha value is -1.83. The van der Waals surface area contributed by atoms with Gasteiger partial charge in [-0.15, -0.1) is 0 Å². The maximum atomic E-state index is 13.6. The Balaban J connectivity index is 1.94. The number of rotatable bonds is 4. The molecule has 0 saturated carbocycles. The van der Waals surface area contributed by atoms with Crippen molar-refractivity contribution in [1.29, 1.82) is 0 Å². The Bertz CT molecular complexity index is 734. The Morgan fingerprint density at radius 3 is 2.72 bits per heavy atom. The van der Waals surface area contributed by atoms with Crippen LogP contribution in [0.2, 0.25) is 0 Å². The Morgan fingerprint density at radius 1 is 1.44 bits per heavy atom. The monoisotopic (exact) mass is 371 g/mol. The van der Waals surface area contributed by atoms with Crippen LogP contribution in [0.3, 0.4) is 0 Å². The molecule has 0 spiro atoms. The Morgan fingerprint density at radius 2 is 2.12 bits per heavy atom. The minimum absolute atomic E-state index is 0.0992. The van der Waals surface area contributed by atoms with Crippen molar-refractivity contribution in [3.05, 3.63) is 30.1 Å². The zero-order valence-electron chi connectivity index (χ0n) is 15.1. The number of halogens is 1. The SMILES string of the molecule is CN=C(NCC(C)Oc1ccccc1F)N1CCS(=O)(=O)C(C)(C)C1. The first-order chi connectivity index (χ1) is 11.7. The summed E-state index contributed by atoms with van der Waals surface area (Å²) in [6.45, 7) is 6.48. The third kappa shape index (κ3) is 4.62. The first-order valence-electron chi connectivity index (χ1n) is 8.25. The largest absolute Gasteiger partial charge is 0.486 e. The third-order valence-corrected chi connectivity index (χ3v) is 6.80. The summed E-state index contributed by atoms with van der Waals surface area (Å²) >= 11 is 0. The summed E-state index contributed by atoms with van der Waals surface area (Å²) < 4.78 is 42.6. The number of nitrogens with one attached hydrogen (secondary N) is 1. The maximum absolute atomic E-state index is 13.6. The standard InChI is InChI=1S/C17H26FN3O3S/c1-13(24-15-8-6-5-7-14(15)18)11-20-16(19-4)21-9-10-25(22,23)17(2,3)12-21/h5-8,13H,9-12H2,1-4H3,(H,19,20). The zero-order valence-corrected chi connectivity index (χ0v) is 15.9. The highest BCUT2D eigenvalue weighted by Crippen LogP contribution is 2.23. The van der Waals surface area contributed by atoms with Gasteiger partial charge in [-0.1, -0.05) is 12.1 Å². The number of ether oxygens (including phenoxy) is 1. The molecule has 1 unspecified atom stereocenters. The second kappa shape index (κ2) is 7.59. The molecule has 1 aromatic carbocycles. The number of sulfone groups is 1. The molecule has 1 saturated heterocycles. The van der Waals surface area contributed by atoms with Crippen LogP contribution in [-0.2, 0) is 9.84 Å². The number of hydrogen-bond donors (Lipinski definition) is 1. The topological polar surface area (TPSA) is 71.0 Å². The van der Waals surface area contributed by atoms with Crippen molar-refractivity contribution >= 4 is 15.8 Å². The molecule has 0 radical (unpaired) electrons. The molecule has 1 atom stereocenters. The van der Waals surface area contributed by atoms with Gasteiger partial charge < -0.3 is 15.0 Å². The lowest BCUT2D eigenvalue weighted by molar-refractivity contribution is 0.212. The molecule has 0 aliphatic carbocycles. The number of hydrogen-bond acceptors (Lipinski definition) is 4. The summed E-state index contributed by atoms with van der Waals surface area (Å²) in [6.07, 6.45) is -0.282. The molecule has 25 heavy (non-hydrogen) atoms. The molecule has 0 aromatic heterocycles. The van der Waals surface area contributed by atoms with E-state index in [1.54, 1.807) is 39.1 Å². The van der Waals surface area contributed by atoms with Crippen LogP contribution in [0.25, 0.3) is 0 Å². The van der Waals surface area contributed by atoms with E-state index < -0.39 is 20.4 Å². The number of para-hydroxylation sites is 1. The van der Waals surface area contributed by atoms with Gasteiger partial charge in [0.05, 0.1) is 17.0 Å². The lowest BCUT2D eigenvalue weighted by atomic mass is 10.2. The van der Waals surface area contributed by atoms with Gasteiger partial charge in [0.1, 0.15) is 6.10 Å². The van der Waals surface area contributed by atoms with E-state index in [-0.39, 0.29) is 17.6 Å². The van der Waals surface area contributed by atoms with Crippen LogP contribution in [0, 0.1) is 5.82 Å². The Labute approximate surface area is 149 Å². The van der Waals surface area contributed by atoms with Gasteiger partial charge in [0, 0.05) is 20.1 Å². The summed E-state index contributed by atoms with van der Waals surface area (Å²) in [4.78, 5) is 6.16. The first kappa shape index (κ1) is 19.5. The van der Waals surface area contributed by atoms with Crippen molar-refractivity contribution in [3.63, 3.8) is 0 Å². The average molecular weight is 371 g/mol. The van der Waals surface area contributed by atoms with Gasteiger partial charge in [-0.3, -0.25) is 4.99 Å². The normalized spacial score (nSPS) is 20.8. The summed E-state index contributed by atoms with van der Waals surface area (Å²) in [6, 6.07) is 6.26. The number of aliphatic imine (C=N–C) groups is 1. The molecule has 1 aliphatic heterocycles. The van der Waals surface area contributed by atoms with Crippen LogP contribution in [0.1, 0.15) is 20.8 Å². The highest BCUT2D eigenvalue weighted by Gasteiger charge is 2.40. The fourth-order valence-corrected chi connectivity index (χ4v) is 4.06. The van der Waals surface area contributed by atoms with Crippen molar-refractivity contribution in [1.82, 2.24) is 10.2 Å². The molecule has 1 aromatic rings. The predicted octanol–water partition coefficient (Wildman–Crippen LogP) is 1.68. The van der Waals surface area contributed by atoms with Gasteiger partial charge in [0.15, 0.2) is 27.4 Å². The van der Waals surface area contributed by atoms with E-state index in [1.165, 1.54) is 6.07 Å². The summed E-state index contributed by atoms with van der Waals surface area (Å²) in [5.41, 5.74) is 0. The maximum Gasteiger partial charge on any atom is 0.193 e. The fourth-order valence-electron chi connectivity index (χ4n) is 2.69. The van der Waals surface area contributed by atoms with Crippen LogP contribution in [-0.4, -0.2) is 62.6 Å². The Kier molecular flexibility index (Phi) is 5.92. The number of benzene rings is 1. The molecule has 1 aliphatic rings. The molecule has 0 bridgehead atoms. The lowest BCUT2D eigenvalue weighted by Gasteiger charge is -2.39.